The molecular weight excluding hydrogens is 566 g/mol. The van der Waals surface area contributed by atoms with Gasteiger partial charge in [-0.2, -0.15) is 5.26 Å². The predicted octanol–water partition coefficient (Wildman–Crippen LogP) is 10.6. The van der Waals surface area contributed by atoms with Crippen LogP contribution in [0.3, 0.4) is 0 Å². The molecule has 0 aliphatic carbocycles. The van der Waals surface area contributed by atoms with Crippen LogP contribution >= 0.6 is 0 Å². The molecule has 4 heterocycles. The van der Waals surface area contributed by atoms with Crippen LogP contribution in [0.4, 0.5) is 11.4 Å². The third kappa shape index (κ3) is 4.34. The van der Waals surface area contributed by atoms with Gasteiger partial charge >= 0.3 is 0 Å². The molecule has 0 amide bonds. The Labute approximate surface area is 268 Å². The van der Waals surface area contributed by atoms with E-state index in [1.165, 1.54) is 29.6 Å². The molecule has 4 atom stereocenters. The standard InChI is InChI=1S/C41H39N3O2/c1-23-9-24(2)20-43(19-23)31-7-5-27-13-33-34-17-39-40(36(18-42)41(34)46-37(33)15-29(27)11-31)35-14-28-6-8-32(12-30(28)16-38(35)45-39)44-21-25(3)10-26(4)22-44/h5-8,11-17,23-26H,9-10,19-22H2,1-4H3. The van der Waals surface area contributed by atoms with E-state index in [1.807, 2.05) is 0 Å². The number of benzene rings is 5. The average Bonchev–Trinajstić information content (AvgIpc) is 3.56. The van der Waals surface area contributed by atoms with E-state index >= 15 is 0 Å². The van der Waals surface area contributed by atoms with Crippen molar-refractivity contribution in [3.05, 3.63) is 72.3 Å². The largest absolute Gasteiger partial charge is 0.456 e. The number of fused-ring (bicyclic) bond motifs is 8. The number of anilines is 2. The normalized spacial score (nSPS) is 22.6. The van der Waals surface area contributed by atoms with Gasteiger partial charge in [-0.15, -0.1) is 0 Å². The monoisotopic (exact) mass is 605 g/mol. The maximum Gasteiger partial charge on any atom is 0.154 e. The predicted molar refractivity (Wildman–Crippen MR) is 191 cm³/mol. The van der Waals surface area contributed by atoms with Crippen molar-refractivity contribution in [2.24, 2.45) is 23.7 Å². The molecule has 7 aromatic rings. The minimum atomic E-state index is 0.538. The second kappa shape index (κ2) is 10.2. The fourth-order valence-corrected chi connectivity index (χ4v) is 8.87. The summed E-state index contributed by atoms with van der Waals surface area (Å²) in [6, 6.07) is 26.7. The van der Waals surface area contributed by atoms with Crippen molar-refractivity contribution in [1.29, 1.82) is 5.26 Å². The molecule has 0 saturated carbocycles. The van der Waals surface area contributed by atoms with Crippen molar-refractivity contribution in [3.8, 4) is 6.07 Å². The summed E-state index contributed by atoms with van der Waals surface area (Å²) in [5.41, 5.74) is 6.02. The first-order valence-electron chi connectivity index (χ1n) is 16.9. The maximum atomic E-state index is 10.5. The summed E-state index contributed by atoms with van der Waals surface area (Å²) in [7, 11) is 0. The number of piperidine rings is 2. The lowest BCUT2D eigenvalue weighted by Crippen LogP contribution is -2.38. The highest BCUT2D eigenvalue weighted by molar-refractivity contribution is 6.21. The Hall–Kier alpha value is -4.69. The lowest BCUT2D eigenvalue weighted by atomic mass is 9.91. The summed E-state index contributed by atoms with van der Waals surface area (Å²) < 4.78 is 13.1. The van der Waals surface area contributed by atoms with Crippen LogP contribution in [0.2, 0.25) is 0 Å². The molecule has 5 nitrogen and oxygen atoms in total. The van der Waals surface area contributed by atoms with E-state index in [4.69, 9.17) is 8.83 Å². The average molecular weight is 606 g/mol. The minimum absolute atomic E-state index is 0.538. The first kappa shape index (κ1) is 27.6. The lowest BCUT2D eigenvalue weighted by molar-refractivity contribution is 0.357. The molecule has 4 unspecified atom stereocenters. The van der Waals surface area contributed by atoms with Gasteiger partial charge in [0.15, 0.2) is 5.58 Å². The van der Waals surface area contributed by atoms with Crippen molar-refractivity contribution < 1.29 is 8.83 Å². The quantitative estimate of drug-likeness (QED) is 0.196. The fraction of sp³-hybridized carbons (Fsp3) is 0.341. The van der Waals surface area contributed by atoms with Crippen molar-refractivity contribution in [1.82, 2.24) is 0 Å². The van der Waals surface area contributed by atoms with Crippen LogP contribution in [0.1, 0.15) is 46.1 Å². The third-order valence-electron chi connectivity index (χ3n) is 10.7. The van der Waals surface area contributed by atoms with E-state index in [0.29, 0.717) is 34.8 Å². The van der Waals surface area contributed by atoms with Crippen molar-refractivity contribution >= 4 is 76.8 Å². The van der Waals surface area contributed by atoms with Crippen LogP contribution in [0.15, 0.2) is 75.6 Å². The topological polar surface area (TPSA) is 56.6 Å². The first-order valence-corrected chi connectivity index (χ1v) is 16.9. The first-order chi connectivity index (χ1) is 22.3. The SMILES string of the molecule is CC1CC(C)CN(c2ccc3cc4c(cc3c2)oc2c(C#N)c3c(cc24)oc2cc4cc(N5CC(C)CC(C)C5)ccc4cc23)C1. The zero-order valence-corrected chi connectivity index (χ0v) is 27.1. The van der Waals surface area contributed by atoms with E-state index in [-0.39, 0.29) is 0 Å². The van der Waals surface area contributed by atoms with E-state index < -0.39 is 0 Å². The summed E-state index contributed by atoms with van der Waals surface area (Å²) in [6.45, 7) is 13.8. The van der Waals surface area contributed by atoms with Gasteiger partial charge in [0.1, 0.15) is 28.4 Å². The molecular formula is C41H39N3O2. The highest BCUT2D eigenvalue weighted by Gasteiger charge is 2.25. The van der Waals surface area contributed by atoms with Gasteiger partial charge in [-0.1, -0.05) is 39.8 Å². The second-order valence-electron chi connectivity index (χ2n) is 14.8. The van der Waals surface area contributed by atoms with Gasteiger partial charge in [-0.25, -0.2) is 0 Å². The van der Waals surface area contributed by atoms with Crippen molar-refractivity contribution in [2.75, 3.05) is 36.0 Å². The molecule has 0 N–H and O–H groups in total. The molecule has 46 heavy (non-hydrogen) atoms. The van der Waals surface area contributed by atoms with Crippen LogP contribution in [0, 0.1) is 35.0 Å². The number of hydrogen-bond donors (Lipinski definition) is 0. The molecule has 0 radical (unpaired) electrons. The van der Waals surface area contributed by atoms with Crippen LogP contribution in [-0.2, 0) is 0 Å². The Morgan fingerprint density at radius 3 is 1.63 bits per heavy atom. The number of nitrogens with zero attached hydrogens (tertiary/aromatic N) is 3. The maximum absolute atomic E-state index is 10.5. The molecule has 9 rings (SSSR count). The van der Waals surface area contributed by atoms with Crippen LogP contribution in [0.25, 0.3) is 65.4 Å². The molecule has 230 valence electrons. The van der Waals surface area contributed by atoms with Crippen LogP contribution in [-0.4, -0.2) is 26.2 Å². The molecule has 2 fully saturated rings. The Kier molecular flexibility index (Phi) is 6.10. The summed E-state index contributed by atoms with van der Waals surface area (Å²) in [6.07, 6.45) is 2.58. The second-order valence-corrected chi connectivity index (χ2v) is 14.8. The molecule has 5 heteroatoms. The fourth-order valence-electron chi connectivity index (χ4n) is 8.87. The summed E-state index contributed by atoms with van der Waals surface area (Å²) in [5, 5.41) is 18.9. The van der Waals surface area contributed by atoms with Crippen molar-refractivity contribution in [2.45, 2.75) is 40.5 Å². The van der Waals surface area contributed by atoms with Crippen LogP contribution in [0.5, 0.6) is 0 Å². The number of nitriles is 1. The van der Waals surface area contributed by atoms with Gasteiger partial charge in [0.2, 0.25) is 0 Å². The Bertz CT molecular complexity index is 2330. The van der Waals surface area contributed by atoms with E-state index in [9.17, 15) is 5.26 Å². The van der Waals surface area contributed by atoms with E-state index in [0.717, 1.165) is 80.6 Å². The number of rotatable bonds is 2. The van der Waals surface area contributed by atoms with Gasteiger partial charge < -0.3 is 18.6 Å². The highest BCUT2D eigenvalue weighted by Crippen LogP contribution is 2.42. The molecule has 0 spiro atoms. The van der Waals surface area contributed by atoms with Crippen LogP contribution < -0.4 is 9.80 Å². The Morgan fingerprint density at radius 1 is 0.565 bits per heavy atom. The highest BCUT2D eigenvalue weighted by atomic mass is 16.3. The zero-order chi connectivity index (χ0) is 31.3. The van der Waals surface area contributed by atoms with Gasteiger partial charge in [-0.05, 0) is 113 Å². The molecule has 0 bridgehead atoms. The molecule has 5 aromatic carbocycles. The summed E-state index contributed by atoms with van der Waals surface area (Å²) in [4.78, 5) is 5.04. The Morgan fingerprint density at radius 2 is 1.09 bits per heavy atom. The van der Waals surface area contributed by atoms with Crippen molar-refractivity contribution in [3.63, 3.8) is 0 Å². The molecule has 2 aliphatic rings. The van der Waals surface area contributed by atoms with Gasteiger partial charge in [-0.3, -0.25) is 0 Å². The van der Waals surface area contributed by atoms with Gasteiger partial charge in [0.25, 0.3) is 0 Å². The number of furan rings is 2. The van der Waals surface area contributed by atoms with E-state index in [2.05, 4.69) is 110 Å². The third-order valence-corrected chi connectivity index (χ3v) is 10.7. The van der Waals surface area contributed by atoms with Gasteiger partial charge in [0, 0.05) is 59.1 Å². The zero-order valence-electron chi connectivity index (χ0n) is 27.1. The summed E-state index contributed by atoms with van der Waals surface area (Å²) in [5.74, 6) is 2.77. The van der Waals surface area contributed by atoms with Gasteiger partial charge in [0.05, 0.1) is 0 Å². The minimum Gasteiger partial charge on any atom is -0.456 e. The number of hydrogen-bond acceptors (Lipinski definition) is 5. The Balaban J connectivity index is 1.17. The molecule has 2 saturated heterocycles. The smallest absolute Gasteiger partial charge is 0.154 e. The lowest BCUT2D eigenvalue weighted by Gasteiger charge is -2.36. The molecule has 2 aromatic heterocycles. The molecule has 2 aliphatic heterocycles. The summed E-state index contributed by atoms with van der Waals surface area (Å²) >= 11 is 0. The van der Waals surface area contributed by atoms with E-state index in [1.54, 1.807) is 0 Å².